The van der Waals surface area contributed by atoms with Crippen LogP contribution in [0.25, 0.3) is 0 Å². The lowest BCUT2D eigenvalue weighted by atomic mass is 9.88. The molecule has 0 aromatic carbocycles. The predicted molar refractivity (Wildman–Crippen MR) is 56.5 cm³/mol. The number of hydrogen-bond acceptors (Lipinski definition) is 1. The van der Waals surface area contributed by atoms with Crippen LogP contribution in [0.3, 0.4) is 0 Å². The van der Waals surface area contributed by atoms with Gasteiger partial charge in [0.1, 0.15) is 5.76 Å². The van der Waals surface area contributed by atoms with Crippen molar-refractivity contribution in [1.82, 2.24) is 0 Å². The number of ether oxygens (including phenoxy) is 1. The van der Waals surface area contributed by atoms with E-state index in [1.165, 1.54) is 17.6 Å². The van der Waals surface area contributed by atoms with Crippen molar-refractivity contribution in [3.63, 3.8) is 0 Å². The quantitative estimate of drug-likeness (QED) is 0.644. The standard InChI is InChI=1S/C12H20O/c1-5-11-8-7-9(3)10(4)12(11)13-6-2/h8-9H,5-7H2,1-4H3. The van der Waals surface area contributed by atoms with Gasteiger partial charge in [-0.3, -0.25) is 0 Å². The average Bonchev–Trinajstić information content (AvgIpc) is 2.14. The predicted octanol–water partition coefficient (Wildman–Crippen LogP) is 3.67. The summed E-state index contributed by atoms with van der Waals surface area (Å²) in [7, 11) is 0. The Labute approximate surface area is 81.5 Å². The molecule has 0 amide bonds. The van der Waals surface area contributed by atoms with Crippen molar-refractivity contribution in [2.24, 2.45) is 5.92 Å². The van der Waals surface area contributed by atoms with Gasteiger partial charge in [0.05, 0.1) is 6.61 Å². The zero-order valence-electron chi connectivity index (χ0n) is 9.18. The van der Waals surface area contributed by atoms with Crippen molar-refractivity contribution in [2.75, 3.05) is 6.61 Å². The Balaban J connectivity index is 2.89. The van der Waals surface area contributed by atoms with Gasteiger partial charge in [-0.25, -0.2) is 0 Å². The largest absolute Gasteiger partial charge is 0.494 e. The highest BCUT2D eigenvalue weighted by atomic mass is 16.5. The van der Waals surface area contributed by atoms with Crippen LogP contribution in [0.5, 0.6) is 0 Å². The molecule has 0 radical (unpaired) electrons. The molecule has 74 valence electrons. The van der Waals surface area contributed by atoms with Gasteiger partial charge in [0.25, 0.3) is 0 Å². The molecule has 0 heterocycles. The number of allylic oxidation sites excluding steroid dienone is 3. The van der Waals surface area contributed by atoms with Gasteiger partial charge in [-0.05, 0) is 43.8 Å². The fraction of sp³-hybridized carbons (Fsp3) is 0.667. The molecule has 0 saturated carbocycles. The van der Waals surface area contributed by atoms with Crippen LogP contribution in [-0.4, -0.2) is 6.61 Å². The van der Waals surface area contributed by atoms with Gasteiger partial charge < -0.3 is 4.74 Å². The highest BCUT2D eigenvalue weighted by Gasteiger charge is 2.18. The van der Waals surface area contributed by atoms with E-state index in [2.05, 4.69) is 26.8 Å². The van der Waals surface area contributed by atoms with E-state index in [1.807, 2.05) is 6.92 Å². The minimum Gasteiger partial charge on any atom is -0.494 e. The van der Waals surface area contributed by atoms with Crippen LogP contribution in [0.1, 0.15) is 40.5 Å². The maximum absolute atomic E-state index is 5.68. The first kappa shape index (κ1) is 10.4. The van der Waals surface area contributed by atoms with Crippen LogP contribution in [0.15, 0.2) is 23.0 Å². The second-order valence-corrected chi connectivity index (χ2v) is 3.66. The fourth-order valence-corrected chi connectivity index (χ4v) is 1.72. The average molecular weight is 180 g/mol. The summed E-state index contributed by atoms with van der Waals surface area (Å²) in [5.41, 5.74) is 2.80. The summed E-state index contributed by atoms with van der Waals surface area (Å²) >= 11 is 0. The Morgan fingerprint density at radius 1 is 1.46 bits per heavy atom. The van der Waals surface area contributed by atoms with Crippen LogP contribution >= 0.6 is 0 Å². The van der Waals surface area contributed by atoms with Gasteiger partial charge in [-0.15, -0.1) is 0 Å². The van der Waals surface area contributed by atoms with Crippen molar-refractivity contribution in [3.05, 3.63) is 23.0 Å². The van der Waals surface area contributed by atoms with Crippen LogP contribution in [0, 0.1) is 5.92 Å². The highest BCUT2D eigenvalue weighted by molar-refractivity contribution is 5.34. The Kier molecular flexibility index (Phi) is 3.58. The highest BCUT2D eigenvalue weighted by Crippen LogP contribution is 2.31. The van der Waals surface area contributed by atoms with Crippen LogP contribution in [0.2, 0.25) is 0 Å². The SMILES string of the molecule is CCOC1=C(C)C(C)CC=C1CC. The number of rotatable bonds is 3. The third-order valence-electron chi connectivity index (χ3n) is 2.78. The Bertz CT molecular complexity index is 236. The molecule has 0 spiro atoms. The van der Waals surface area contributed by atoms with E-state index in [0.717, 1.165) is 18.8 Å². The topological polar surface area (TPSA) is 9.23 Å². The molecule has 0 aromatic heterocycles. The van der Waals surface area contributed by atoms with E-state index in [4.69, 9.17) is 4.74 Å². The van der Waals surface area contributed by atoms with E-state index in [-0.39, 0.29) is 0 Å². The summed E-state index contributed by atoms with van der Waals surface area (Å²) in [4.78, 5) is 0. The van der Waals surface area contributed by atoms with Crippen molar-refractivity contribution in [2.45, 2.75) is 40.5 Å². The second kappa shape index (κ2) is 4.50. The molecular weight excluding hydrogens is 160 g/mol. The Hall–Kier alpha value is -0.720. The molecule has 1 atom stereocenters. The maximum atomic E-state index is 5.68. The third-order valence-corrected chi connectivity index (χ3v) is 2.78. The van der Waals surface area contributed by atoms with E-state index in [0.29, 0.717) is 5.92 Å². The maximum Gasteiger partial charge on any atom is 0.121 e. The smallest absolute Gasteiger partial charge is 0.121 e. The molecule has 0 aromatic rings. The van der Waals surface area contributed by atoms with Crippen LogP contribution in [-0.2, 0) is 4.74 Å². The monoisotopic (exact) mass is 180 g/mol. The van der Waals surface area contributed by atoms with Gasteiger partial charge in [0, 0.05) is 0 Å². The van der Waals surface area contributed by atoms with Gasteiger partial charge in [0.15, 0.2) is 0 Å². The van der Waals surface area contributed by atoms with Crippen molar-refractivity contribution in [1.29, 1.82) is 0 Å². The first-order valence-corrected chi connectivity index (χ1v) is 5.23. The summed E-state index contributed by atoms with van der Waals surface area (Å²) < 4.78 is 5.68. The summed E-state index contributed by atoms with van der Waals surface area (Å²) in [6.45, 7) is 9.47. The van der Waals surface area contributed by atoms with Crippen molar-refractivity contribution >= 4 is 0 Å². The lowest BCUT2D eigenvalue weighted by Gasteiger charge is -2.23. The van der Waals surface area contributed by atoms with E-state index in [9.17, 15) is 0 Å². The number of hydrogen-bond donors (Lipinski definition) is 0. The summed E-state index contributed by atoms with van der Waals surface area (Å²) in [6.07, 6.45) is 4.58. The summed E-state index contributed by atoms with van der Waals surface area (Å²) in [5.74, 6) is 1.81. The first-order chi connectivity index (χ1) is 6.20. The molecule has 1 aliphatic carbocycles. The molecule has 1 aliphatic rings. The summed E-state index contributed by atoms with van der Waals surface area (Å²) in [5, 5.41) is 0. The van der Waals surface area contributed by atoms with E-state index < -0.39 is 0 Å². The van der Waals surface area contributed by atoms with E-state index >= 15 is 0 Å². The van der Waals surface area contributed by atoms with Crippen LogP contribution < -0.4 is 0 Å². The van der Waals surface area contributed by atoms with Gasteiger partial charge in [-0.2, -0.15) is 0 Å². The lowest BCUT2D eigenvalue weighted by molar-refractivity contribution is 0.226. The molecular formula is C12H20O. The van der Waals surface area contributed by atoms with Gasteiger partial charge in [0.2, 0.25) is 0 Å². The molecule has 1 heteroatoms. The van der Waals surface area contributed by atoms with Crippen molar-refractivity contribution < 1.29 is 4.74 Å². The molecule has 1 rings (SSSR count). The minimum atomic E-state index is 0.650. The molecule has 0 fully saturated rings. The van der Waals surface area contributed by atoms with E-state index in [1.54, 1.807) is 0 Å². The zero-order chi connectivity index (χ0) is 9.84. The lowest BCUT2D eigenvalue weighted by Crippen LogP contribution is -2.09. The normalized spacial score (nSPS) is 23.1. The first-order valence-electron chi connectivity index (χ1n) is 5.23. The van der Waals surface area contributed by atoms with Crippen molar-refractivity contribution in [3.8, 4) is 0 Å². The van der Waals surface area contributed by atoms with Gasteiger partial charge >= 0.3 is 0 Å². The molecule has 0 bridgehead atoms. The minimum absolute atomic E-state index is 0.650. The molecule has 1 nitrogen and oxygen atoms in total. The fourth-order valence-electron chi connectivity index (χ4n) is 1.72. The second-order valence-electron chi connectivity index (χ2n) is 3.66. The molecule has 0 aliphatic heterocycles. The van der Waals surface area contributed by atoms with Crippen LogP contribution in [0.4, 0.5) is 0 Å². The summed E-state index contributed by atoms with van der Waals surface area (Å²) in [6, 6.07) is 0. The molecule has 1 unspecified atom stereocenters. The Morgan fingerprint density at radius 2 is 2.15 bits per heavy atom. The third kappa shape index (κ3) is 2.15. The molecule has 0 N–H and O–H groups in total. The van der Waals surface area contributed by atoms with Gasteiger partial charge in [-0.1, -0.05) is 19.9 Å². The Morgan fingerprint density at radius 3 is 2.69 bits per heavy atom. The zero-order valence-corrected chi connectivity index (χ0v) is 9.18. The molecule has 0 saturated heterocycles. The molecule has 13 heavy (non-hydrogen) atoms.